The van der Waals surface area contributed by atoms with E-state index in [1.165, 1.54) is 0 Å². The Morgan fingerprint density at radius 3 is 2.48 bits per heavy atom. The fraction of sp³-hybridized carbons (Fsp3) is 0.412. The van der Waals surface area contributed by atoms with Crippen molar-refractivity contribution >= 4 is 17.9 Å². The minimum Gasteiger partial charge on any atom is -0.484 e. The van der Waals surface area contributed by atoms with Crippen molar-refractivity contribution in [1.29, 1.82) is 0 Å². The number of rotatable bonds is 6. The highest BCUT2D eigenvalue weighted by Gasteiger charge is 2.20. The van der Waals surface area contributed by atoms with Gasteiger partial charge in [0.2, 0.25) is 5.91 Å². The number of hydrogen-bond acceptors (Lipinski definition) is 4. The molecular weight excluding hydrogens is 296 g/mol. The number of benzene rings is 1. The van der Waals surface area contributed by atoms with Gasteiger partial charge in [-0.3, -0.25) is 9.59 Å². The first kappa shape index (κ1) is 17.0. The van der Waals surface area contributed by atoms with Crippen molar-refractivity contribution in [2.45, 2.75) is 18.9 Å². The van der Waals surface area contributed by atoms with E-state index in [2.05, 4.69) is 0 Å². The highest BCUT2D eigenvalue weighted by molar-refractivity contribution is 5.91. The molecule has 23 heavy (non-hydrogen) atoms. The van der Waals surface area contributed by atoms with Crippen LogP contribution in [0.25, 0.3) is 6.08 Å². The summed E-state index contributed by atoms with van der Waals surface area (Å²) in [5.74, 6) is 0.0549. The summed E-state index contributed by atoms with van der Waals surface area (Å²) in [6.07, 6.45) is 5.36. The molecule has 1 fully saturated rings. The van der Waals surface area contributed by atoms with Gasteiger partial charge < -0.3 is 20.1 Å². The van der Waals surface area contributed by atoms with Crippen molar-refractivity contribution in [3.63, 3.8) is 0 Å². The molecule has 0 bridgehead atoms. The molecule has 1 aliphatic rings. The molecule has 1 aromatic rings. The van der Waals surface area contributed by atoms with E-state index in [9.17, 15) is 9.59 Å². The van der Waals surface area contributed by atoms with Crippen LogP contribution in [0.3, 0.4) is 0 Å². The van der Waals surface area contributed by atoms with E-state index >= 15 is 0 Å². The summed E-state index contributed by atoms with van der Waals surface area (Å²) < 4.78 is 10.5. The smallest absolute Gasteiger partial charge is 0.255 e. The van der Waals surface area contributed by atoms with Crippen LogP contribution >= 0.6 is 0 Å². The van der Waals surface area contributed by atoms with Crippen molar-refractivity contribution in [2.24, 2.45) is 5.73 Å². The Balaban J connectivity index is 1.85. The average molecular weight is 318 g/mol. The lowest BCUT2D eigenvalue weighted by Crippen LogP contribution is -2.39. The summed E-state index contributed by atoms with van der Waals surface area (Å²) in [7, 11) is 1.71. The maximum absolute atomic E-state index is 12.1. The largest absolute Gasteiger partial charge is 0.484 e. The van der Waals surface area contributed by atoms with Gasteiger partial charge in [-0.2, -0.15) is 0 Å². The van der Waals surface area contributed by atoms with E-state index in [0.717, 1.165) is 31.5 Å². The summed E-state index contributed by atoms with van der Waals surface area (Å²) >= 11 is 0. The predicted molar refractivity (Wildman–Crippen MR) is 86.8 cm³/mol. The Labute approximate surface area is 135 Å². The molecule has 1 aliphatic heterocycles. The van der Waals surface area contributed by atoms with E-state index in [0.29, 0.717) is 5.75 Å². The van der Waals surface area contributed by atoms with Crippen LogP contribution in [-0.4, -0.2) is 49.6 Å². The zero-order chi connectivity index (χ0) is 16.7. The van der Waals surface area contributed by atoms with Crippen LogP contribution in [-0.2, 0) is 14.3 Å². The van der Waals surface area contributed by atoms with Gasteiger partial charge in [0.25, 0.3) is 5.91 Å². The Hall–Kier alpha value is -2.34. The SMILES string of the molecule is COC1CCN(C(=O)/C=C\c2ccc(OCC(N)=O)cc2)CC1. The molecule has 0 spiro atoms. The molecule has 0 radical (unpaired) electrons. The summed E-state index contributed by atoms with van der Waals surface area (Å²) in [6, 6.07) is 7.10. The number of nitrogens with zero attached hydrogens (tertiary/aromatic N) is 1. The standard InChI is InChI=1S/C17H22N2O4/c1-22-14-8-10-19(11-9-14)17(21)7-4-13-2-5-15(6-3-13)23-12-16(18)20/h2-7,14H,8-12H2,1H3,(H2,18,20)/b7-4-. The average Bonchev–Trinajstić information content (AvgIpc) is 2.58. The fourth-order valence-electron chi connectivity index (χ4n) is 2.41. The van der Waals surface area contributed by atoms with Gasteiger partial charge in [0.1, 0.15) is 5.75 Å². The summed E-state index contributed by atoms with van der Waals surface area (Å²) in [6.45, 7) is 1.30. The van der Waals surface area contributed by atoms with Crippen LogP contribution in [0.4, 0.5) is 0 Å². The zero-order valence-electron chi connectivity index (χ0n) is 13.2. The normalized spacial score (nSPS) is 15.8. The lowest BCUT2D eigenvalue weighted by Gasteiger charge is -2.30. The first-order chi connectivity index (χ1) is 11.1. The molecule has 0 aromatic heterocycles. The highest BCUT2D eigenvalue weighted by atomic mass is 16.5. The quantitative estimate of drug-likeness (QED) is 0.799. The van der Waals surface area contributed by atoms with Crippen molar-refractivity contribution in [3.8, 4) is 5.75 Å². The van der Waals surface area contributed by atoms with E-state index in [1.54, 1.807) is 31.4 Å². The molecular formula is C17H22N2O4. The molecule has 6 heteroatoms. The van der Waals surface area contributed by atoms with Crippen molar-refractivity contribution in [3.05, 3.63) is 35.9 Å². The molecule has 1 aromatic carbocycles. The number of likely N-dealkylation sites (tertiary alicyclic amines) is 1. The number of piperidine rings is 1. The lowest BCUT2D eigenvalue weighted by molar-refractivity contribution is -0.128. The Bertz CT molecular complexity index is 560. The summed E-state index contributed by atoms with van der Waals surface area (Å²) in [5, 5.41) is 0. The van der Waals surface area contributed by atoms with Gasteiger partial charge in [-0.1, -0.05) is 12.1 Å². The third-order valence-corrected chi connectivity index (χ3v) is 3.77. The van der Waals surface area contributed by atoms with E-state index in [4.69, 9.17) is 15.2 Å². The van der Waals surface area contributed by atoms with Crippen LogP contribution in [0.2, 0.25) is 0 Å². The van der Waals surface area contributed by atoms with E-state index < -0.39 is 5.91 Å². The molecule has 0 unspecified atom stereocenters. The Morgan fingerprint density at radius 2 is 1.91 bits per heavy atom. The molecule has 6 nitrogen and oxygen atoms in total. The second-order valence-corrected chi connectivity index (χ2v) is 5.42. The highest BCUT2D eigenvalue weighted by Crippen LogP contribution is 2.15. The minimum atomic E-state index is -0.517. The van der Waals surface area contributed by atoms with Crippen molar-refractivity contribution < 1.29 is 19.1 Å². The first-order valence-corrected chi connectivity index (χ1v) is 7.59. The number of hydrogen-bond donors (Lipinski definition) is 1. The molecule has 1 saturated heterocycles. The Kier molecular flexibility index (Phi) is 6.17. The molecule has 0 saturated carbocycles. The topological polar surface area (TPSA) is 81.9 Å². The van der Waals surface area contributed by atoms with E-state index in [-0.39, 0.29) is 18.6 Å². The first-order valence-electron chi connectivity index (χ1n) is 7.59. The molecule has 0 aliphatic carbocycles. The maximum atomic E-state index is 12.1. The van der Waals surface area contributed by atoms with Crippen molar-refractivity contribution in [1.82, 2.24) is 4.90 Å². The monoisotopic (exact) mass is 318 g/mol. The van der Waals surface area contributed by atoms with Gasteiger partial charge in [-0.25, -0.2) is 0 Å². The number of carbonyl (C=O) groups is 2. The minimum absolute atomic E-state index is 0.00797. The molecule has 2 amide bonds. The third kappa shape index (κ3) is 5.41. The third-order valence-electron chi connectivity index (χ3n) is 3.77. The summed E-state index contributed by atoms with van der Waals surface area (Å²) in [4.78, 5) is 24.6. The second-order valence-electron chi connectivity index (χ2n) is 5.42. The number of methoxy groups -OCH3 is 1. The number of ether oxygens (including phenoxy) is 2. The molecule has 2 N–H and O–H groups in total. The van der Waals surface area contributed by atoms with Crippen LogP contribution in [0.5, 0.6) is 5.75 Å². The van der Waals surface area contributed by atoms with Gasteiger partial charge in [0.15, 0.2) is 6.61 Å². The van der Waals surface area contributed by atoms with Gasteiger partial charge in [-0.05, 0) is 36.6 Å². The Morgan fingerprint density at radius 1 is 1.26 bits per heavy atom. The number of amides is 2. The van der Waals surface area contributed by atoms with Gasteiger partial charge in [0.05, 0.1) is 6.10 Å². The van der Waals surface area contributed by atoms with Crippen LogP contribution < -0.4 is 10.5 Å². The van der Waals surface area contributed by atoms with Gasteiger partial charge >= 0.3 is 0 Å². The number of carbonyl (C=O) groups excluding carboxylic acids is 2. The number of primary amides is 1. The van der Waals surface area contributed by atoms with Gasteiger partial charge in [0, 0.05) is 26.3 Å². The lowest BCUT2D eigenvalue weighted by atomic mass is 10.1. The van der Waals surface area contributed by atoms with Crippen LogP contribution in [0, 0.1) is 0 Å². The second kappa shape index (κ2) is 8.33. The van der Waals surface area contributed by atoms with Gasteiger partial charge in [-0.15, -0.1) is 0 Å². The molecule has 0 atom stereocenters. The molecule has 1 heterocycles. The number of nitrogens with two attached hydrogens (primary N) is 1. The molecule has 2 rings (SSSR count). The van der Waals surface area contributed by atoms with Crippen molar-refractivity contribution in [2.75, 3.05) is 26.8 Å². The predicted octanol–water partition coefficient (Wildman–Crippen LogP) is 1.20. The van der Waals surface area contributed by atoms with Crippen LogP contribution in [0.1, 0.15) is 18.4 Å². The summed E-state index contributed by atoms with van der Waals surface area (Å²) in [5.41, 5.74) is 5.90. The van der Waals surface area contributed by atoms with Crippen LogP contribution in [0.15, 0.2) is 30.3 Å². The maximum Gasteiger partial charge on any atom is 0.255 e. The molecule has 124 valence electrons. The van der Waals surface area contributed by atoms with E-state index in [1.807, 2.05) is 17.0 Å². The fourth-order valence-corrected chi connectivity index (χ4v) is 2.41. The zero-order valence-corrected chi connectivity index (χ0v) is 13.2.